The van der Waals surface area contributed by atoms with E-state index in [2.05, 4.69) is 32.6 Å². The number of benzene rings is 1. The molecule has 5 rings (SSSR count). The van der Waals surface area contributed by atoms with Crippen LogP contribution in [0.2, 0.25) is 5.02 Å². The number of carbonyl (C=O) groups excluding carboxylic acids is 1. The quantitative estimate of drug-likeness (QED) is 0.678. The third kappa shape index (κ3) is 2.94. The summed E-state index contributed by atoms with van der Waals surface area (Å²) in [5, 5.41) is 18.9. The second-order valence-corrected chi connectivity index (χ2v) is 8.39. The van der Waals surface area contributed by atoms with Crippen molar-refractivity contribution in [3.8, 4) is 5.69 Å². The highest BCUT2D eigenvalue weighted by molar-refractivity contribution is 6.32. The molecule has 1 N–H and O–H groups in total. The molecule has 2 fully saturated rings. The van der Waals surface area contributed by atoms with Crippen LogP contribution in [-0.4, -0.2) is 42.2 Å². The highest BCUT2D eigenvalue weighted by Crippen LogP contribution is 2.55. The Kier molecular flexibility index (Phi) is 4.28. The molecule has 0 radical (unpaired) electrons. The third-order valence-electron chi connectivity index (χ3n) is 5.78. The molecule has 3 aromatic rings. The smallest absolute Gasteiger partial charge is 0.323 e. The maximum Gasteiger partial charge on any atom is 0.323 e. The Hall–Kier alpha value is -3.01. The van der Waals surface area contributed by atoms with Crippen LogP contribution in [0.3, 0.4) is 0 Å². The number of nitrogens with one attached hydrogen (secondary N) is 1. The number of halogens is 2. The fourth-order valence-electron chi connectivity index (χ4n) is 4.72. The fraction of sp³-hybridized carbons (Fsp3) is 0.421. The molecule has 3 heterocycles. The molecule has 2 amide bonds. The Morgan fingerprint density at radius 2 is 2.20 bits per heavy atom. The number of likely N-dealkylation sites (tertiary alicyclic amines) is 1. The Labute approximate surface area is 176 Å². The molecule has 2 aromatic heterocycles. The first-order valence-electron chi connectivity index (χ1n) is 9.64. The summed E-state index contributed by atoms with van der Waals surface area (Å²) < 4.78 is 19.0. The predicted molar refractivity (Wildman–Crippen MR) is 105 cm³/mol. The van der Waals surface area contributed by atoms with Crippen LogP contribution in [0.4, 0.5) is 14.9 Å². The van der Waals surface area contributed by atoms with Crippen molar-refractivity contribution in [3.05, 3.63) is 47.1 Å². The van der Waals surface area contributed by atoms with Gasteiger partial charge in [0.25, 0.3) is 5.95 Å². The lowest BCUT2D eigenvalue weighted by Gasteiger charge is -2.61. The molecule has 156 valence electrons. The van der Waals surface area contributed by atoms with E-state index < -0.39 is 11.5 Å². The molecule has 1 saturated carbocycles. The normalized spacial score (nSPS) is 25.1. The Bertz CT molecular complexity index is 1130. The molecular weight excluding hydrogens is 413 g/mol. The van der Waals surface area contributed by atoms with E-state index in [1.807, 2.05) is 0 Å². The van der Waals surface area contributed by atoms with Gasteiger partial charge in [-0.1, -0.05) is 18.5 Å². The first kappa shape index (κ1) is 19.0. The number of aromatic nitrogens is 5. The average molecular weight is 432 g/mol. The van der Waals surface area contributed by atoms with Crippen molar-refractivity contribution in [3.63, 3.8) is 0 Å². The van der Waals surface area contributed by atoms with Gasteiger partial charge in [-0.2, -0.15) is 9.49 Å². The minimum atomic E-state index is -0.722. The van der Waals surface area contributed by atoms with Crippen molar-refractivity contribution < 1.29 is 13.6 Å². The molecule has 3 unspecified atom stereocenters. The maximum absolute atomic E-state index is 13.2. The standard InChI is InChI=1S/C19H19ClFN7O2/c1-10-5-13-8-19(7-10,17-25-24-11(2)30-17)27(13)18(29)23-12-3-4-14(20)15(6-12)28-22-9-16(21)26-28/h3-4,6,9-10,13H,5,7-8H2,1-2H3,(H,23,29). The number of hydrogen-bond donors (Lipinski definition) is 1. The zero-order valence-corrected chi connectivity index (χ0v) is 17.1. The van der Waals surface area contributed by atoms with Crippen molar-refractivity contribution in [2.45, 2.75) is 44.7 Å². The van der Waals surface area contributed by atoms with Crippen LogP contribution in [-0.2, 0) is 5.54 Å². The van der Waals surface area contributed by atoms with Crippen LogP contribution >= 0.6 is 11.6 Å². The van der Waals surface area contributed by atoms with Gasteiger partial charge in [0.05, 0.1) is 5.02 Å². The van der Waals surface area contributed by atoms with Crippen LogP contribution < -0.4 is 5.32 Å². The number of fused-ring (bicyclic) bond motifs is 2. The molecule has 1 aromatic carbocycles. The maximum atomic E-state index is 13.2. The van der Waals surface area contributed by atoms with Crippen LogP contribution in [0.1, 0.15) is 38.0 Å². The van der Waals surface area contributed by atoms with Gasteiger partial charge in [0, 0.05) is 25.1 Å². The number of hydrogen-bond acceptors (Lipinski definition) is 6. The summed E-state index contributed by atoms with van der Waals surface area (Å²) in [5.74, 6) is 0.677. The topological polar surface area (TPSA) is 102 Å². The second-order valence-electron chi connectivity index (χ2n) is 7.98. The second kappa shape index (κ2) is 6.76. The molecular formula is C19H19ClFN7O2. The highest BCUT2D eigenvalue weighted by atomic mass is 35.5. The third-order valence-corrected chi connectivity index (χ3v) is 6.10. The molecule has 30 heavy (non-hydrogen) atoms. The van der Waals surface area contributed by atoms with Crippen LogP contribution in [0, 0.1) is 18.8 Å². The Morgan fingerprint density at radius 1 is 1.37 bits per heavy atom. The van der Waals surface area contributed by atoms with E-state index in [-0.39, 0.29) is 12.1 Å². The lowest BCUT2D eigenvalue weighted by atomic mass is 9.64. The monoisotopic (exact) mass is 431 g/mol. The summed E-state index contributed by atoms with van der Waals surface area (Å²) in [7, 11) is 0. The number of carbonyl (C=O) groups is 1. The molecule has 9 nitrogen and oxygen atoms in total. The van der Waals surface area contributed by atoms with Gasteiger partial charge in [-0.05, 0) is 37.0 Å². The van der Waals surface area contributed by atoms with E-state index in [1.54, 1.807) is 30.0 Å². The van der Waals surface area contributed by atoms with Crippen molar-refractivity contribution in [1.29, 1.82) is 0 Å². The van der Waals surface area contributed by atoms with Gasteiger partial charge in [-0.3, -0.25) is 0 Å². The summed E-state index contributed by atoms with van der Waals surface area (Å²) in [6, 6.07) is 4.72. The number of anilines is 1. The zero-order valence-electron chi connectivity index (χ0n) is 16.3. The Balaban J connectivity index is 1.43. The highest BCUT2D eigenvalue weighted by Gasteiger charge is 2.62. The van der Waals surface area contributed by atoms with E-state index in [4.69, 9.17) is 16.0 Å². The lowest BCUT2D eigenvalue weighted by molar-refractivity contribution is -0.110. The van der Waals surface area contributed by atoms with E-state index in [0.717, 1.165) is 30.3 Å². The van der Waals surface area contributed by atoms with E-state index in [0.29, 0.717) is 34.1 Å². The van der Waals surface area contributed by atoms with Gasteiger partial charge in [-0.15, -0.1) is 20.1 Å². The summed E-state index contributed by atoms with van der Waals surface area (Å²) in [6.07, 6.45) is 3.47. The largest absolute Gasteiger partial charge is 0.423 e. The summed E-state index contributed by atoms with van der Waals surface area (Å²) in [4.78, 5) is 16.1. The minimum absolute atomic E-state index is 0.106. The molecule has 1 aliphatic heterocycles. The number of piperidine rings is 1. The molecule has 1 aliphatic carbocycles. The number of amides is 2. The van der Waals surface area contributed by atoms with Gasteiger partial charge in [0.15, 0.2) is 0 Å². The average Bonchev–Trinajstić information content (AvgIpc) is 3.31. The van der Waals surface area contributed by atoms with E-state index >= 15 is 0 Å². The first-order valence-corrected chi connectivity index (χ1v) is 10.0. The van der Waals surface area contributed by atoms with Gasteiger partial charge in [0.1, 0.15) is 17.4 Å². The SMILES string of the molecule is Cc1nnc(C23CC(C)CC(C2)N3C(=O)Nc2ccc(Cl)c(-n3ncc(F)n3)c2)o1. The van der Waals surface area contributed by atoms with Crippen molar-refractivity contribution in [2.24, 2.45) is 5.92 Å². The fourth-order valence-corrected chi connectivity index (χ4v) is 4.91. The van der Waals surface area contributed by atoms with Crippen molar-refractivity contribution in [1.82, 2.24) is 30.1 Å². The molecule has 1 saturated heterocycles. The molecule has 2 bridgehead atoms. The van der Waals surface area contributed by atoms with Gasteiger partial charge in [-0.25, -0.2) is 4.79 Å². The number of rotatable bonds is 3. The molecule has 0 spiro atoms. The predicted octanol–water partition coefficient (Wildman–Crippen LogP) is 3.68. The lowest BCUT2D eigenvalue weighted by Crippen LogP contribution is -2.70. The van der Waals surface area contributed by atoms with E-state index in [9.17, 15) is 9.18 Å². The summed E-state index contributed by atoms with van der Waals surface area (Å²) in [5.41, 5.74) is 0.264. The van der Waals surface area contributed by atoms with Crippen molar-refractivity contribution in [2.75, 3.05) is 5.32 Å². The van der Waals surface area contributed by atoms with Crippen LogP contribution in [0.15, 0.2) is 28.8 Å². The number of nitrogens with zero attached hydrogens (tertiary/aromatic N) is 6. The van der Waals surface area contributed by atoms with Gasteiger partial charge < -0.3 is 14.6 Å². The minimum Gasteiger partial charge on any atom is -0.423 e. The molecule has 2 aliphatic rings. The summed E-state index contributed by atoms with van der Waals surface area (Å²) in [6.45, 7) is 3.91. The van der Waals surface area contributed by atoms with E-state index in [1.165, 1.54) is 0 Å². The molecule has 3 atom stereocenters. The van der Waals surface area contributed by atoms with Crippen LogP contribution in [0.5, 0.6) is 0 Å². The number of urea groups is 1. The number of aryl methyl sites for hydroxylation is 1. The summed E-state index contributed by atoms with van der Waals surface area (Å²) >= 11 is 6.20. The van der Waals surface area contributed by atoms with Gasteiger partial charge >= 0.3 is 6.03 Å². The van der Waals surface area contributed by atoms with Crippen LogP contribution in [0.25, 0.3) is 5.69 Å². The Morgan fingerprint density at radius 3 is 2.90 bits per heavy atom. The van der Waals surface area contributed by atoms with Crippen molar-refractivity contribution >= 4 is 23.3 Å². The zero-order chi connectivity index (χ0) is 21.0. The molecule has 11 heteroatoms. The van der Waals surface area contributed by atoms with Gasteiger partial charge in [0.2, 0.25) is 11.8 Å². The first-order chi connectivity index (χ1) is 14.4.